The van der Waals surface area contributed by atoms with Gasteiger partial charge in [0.2, 0.25) is 0 Å². The van der Waals surface area contributed by atoms with Gasteiger partial charge in [0.1, 0.15) is 13.2 Å². The lowest BCUT2D eigenvalue weighted by Crippen LogP contribution is -2.30. The van der Waals surface area contributed by atoms with Crippen molar-refractivity contribution in [1.29, 1.82) is 0 Å². The van der Waals surface area contributed by atoms with Crippen molar-refractivity contribution >= 4 is 17.9 Å². The quantitative estimate of drug-likeness (QED) is 0.0343. The molecule has 0 radical (unpaired) electrons. The third kappa shape index (κ3) is 53.4. The van der Waals surface area contributed by atoms with Crippen LogP contribution in [0.3, 0.4) is 0 Å². The molecule has 0 aliphatic rings. The van der Waals surface area contributed by atoms with Crippen molar-refractivity contribution in [3.63, 3.8) is 0 Å². The average molecular weight is 934 g/mol. The normalized spacial score (nSPS) is 12.0. The Labute approximate surface area is 412 Å². The maximum atomic E-state index is 12.9. The predicted molar refractivity (Wildman–Crippen MR) is 284 cm³/mol. The van der Waals surface area contributed by atoms with Crippen molar-refractivity contribution in [3.8, 4) is 0 Å². The third-order valence-corrected chi connectivity index (χ3v) is 13.8. The second-order valence-electron chi connectivity index (χ2n) is 21.1. The first-order valence-electron chi connectivity index (χ1n) is 29.9. The van der Waals surface area contributed by atoms with Crippen LogP contribution < -0.4 is 0 Å². The van der Waals surface area contributed by atoms with Crippen molar-refractivity contribution in [1.82, 2.24) is 0 Å². The highest BCUT2D eigenvalue weighted by molar-refractivity contribution is 5.71. The number of hydrogen-bond donors (Lipinski definition) is 0. The molecule has 0 aliphatic carbocycles. The van der Waals surface area contributed by atoms with E-state index in [4.69, 9.17) is 14.2 Å². The fourth-order valence-corrected chi connectivity index (χ4v) is 9.28. The summed E-state index contributed by atoms with van der Waals surface area (Å²) in [7, 11) is 0. The molecule has 0 rings (SSSR count). The van der Waals surface area contributed by atoms with E-state index in [1.54, 1.807) is 0 Å². The molecule has 6 heteroatoms. The van der Waals surface area contributed by atoms with E-state index >= 15 is 0 Å². The lowest BCUT2D eigenvalue weighted by atomic mass is 10.0. The number of carbonyl (C=O) groups is 3. The fraction of sp³-hybridized carbons (Fsp3) is 0.950. The first-order valence-corrected chi connectivity index (χ1v) is 29.9. The van der Waals surface area contributed by atoms with Crippen molar-refractivity contribution < 1.29 is 28.6 Å². The van der Waals surface area contributed by atoms with E-state index in [1.807, 2.05) is 0 Å². The minimum Gasteiger partial charge on any atom is -0.462 e. The van der Waals surface area contributed by atoms with Crippen molar-refractivity contribution in [2.75, 3.05) is 13.2 Å². The summed E-state index contributed by atoms with van der Waals surface area (Å²) >= 11 is 0. The number of esters is 3. The molecule has 0 saturated heterocycles. The molecule has 0 saturated carbocycles. The zero-order chi connectivity index (χ0) is 48.1. The van der Waals surface area contributed by atoms with E-state index in [2.05, 4.69) is 27.7 Å². The Morgan fingerprint density at radius 2 is 0.500 bits per heavy atom. The molecule has 0 unspecified atom stereocenters. The van der Waals surface area contributed by atoms with Gasteiger partial charge in [-0.3, -0.25) is 14.4 Å². The molecule has 0 heterocycles. The smallest absolute Gasteiger partial charge is 0.306 e. The lowest BCUT2D eigenvalue weighted by molar-refractivity contribution is -0.167. The van der Waals surface area contributed by atoms with Crippen LogP contribution in [0, 0.1) is 5.92 Å². The Hall–Kier alpha value is -1.59. The molecule has 0 aromatic rings. The summed E-state index contributed by atoms with van der Waals surface area (Å²) in [4.78, 5) is 38.2. The van der Waals surface area contributed by atoms with Crippen molar-refractivity contribution in [3.05, 3.63) is 0 Å². The number of hydrogen-bond acceptors (Lipinski definition) is 6. The van der Waals surface area contributed by atoms with Crippen LogP contribution in [-0.2, 0) is 28.6 Å². The molecule has 66 heavy (non-hydrogen) atoms. The molecule has 0 fully saturated rings. The average Bonchev–Trinajstić information content (AvgIpc) is 3.30. The first kappa shape index (κ1) is 64.4. The van der Waals surface area contributed by atoms with Gasteiger partial charge >= 0.3 is 17.9 Å². The van der Waals surface area contributed by atoms with Crippen LogP contribution in [-0.4, -0.2) is 37.2 Å². The molecule has 6 nitrogen and oxygen atoms in total. The van der Waals surface area contributed by atoms with Crippen LogP contribution in [0.5, 0.6) is 0 Å². The van der Waals surface area contributed by atoms with E-state index < -0.39 is 6.10 Å². The predicted octanol–water partition coefficient (Wildman–Crippen LogP) is 19.8. The van der Waals surface area contributed by atoms with Gasteiger partial charge in [0, 0.05) is 19.3 Å². The van der Waals surface area contributed by atoms with E-state index in [0.29, 0.717) is 19.3 Å². The van der Waals surface area contributed by atoms with Gasteiger partial charge in [0.25, 0.3) is 0 Å². The Morgan fingerprint density at radius 1 is 0.288 bits per heavy atom. The van der Waals surface area contributed by atoms with Crippen LogP contribution >= 0.6 is 0 Å². The van der Waals surface area contributed by atoms with E-state index in [1.165, 1.54) is 238 Å². The first-order chi connectivity index (χ1) is 32.4. The van der Waals surface area contributed by atoms with E-state index in [0.717, 1.165) is 63.7 Å². The second-order valence-corrected chi connectivity index (χ2v) is 21.1. The SMILES string of the molecule is CCCCCCCCCCCCCCCCCCC(=O)O[C@H](COC(=O)CCCCCCCCCCCCCCCC)COC(=O)CCCCCCCCCCCCCCCCCC(C)C. The Morgan fingerprint density at radius 3 is 0.742 bits per heavy atom. The minimum absolute atomic E-state index is 0.0615. The second kappa shape index (κ2) is 54.4. The summed E-state index contributed by atoms with van der Waals surface area (Å²) < 4.78 is 16.9. The maximum absolute atomic E-state index is 12.9. The zero-order valence-corrected chi connectivity index (χ0v) is 45.2. The van der Waals surface area contributed by atoms with Gasteiger partial charge in [-0.2, -0.15) is 0 Å². The minimum atomic E-state index is -0.762. The molecule has 0 aromatic heterocycles. The monoisotopic (exact) mass is 933 g/mol. The highest BCUT2D eigenvalue weighted by Gasteiger charge is 2.19. The summed E-state index contributed by atoms with van der Waals surface area (Å²) in [5.41, 5.74) is 0. The molecule has 1 atom stereocenters. The van der Waals surface area contributed by atoms with Crippen molar-refractivity contribution in [2.45, 2.75) is 348 Å². The van der Waals surface area contributed by atoms with Crippen LogP contribution in [0.4, 0.5) is 0 Å². The molecule has 0 N–H and O–H groups in total. The van der Waals surface area contributed by atoms with Gasteiger partial charge in [-0.05, 0) is 25.2 Å². The van der Waals surface area contributed by atoms with Crippen molar-refractivity contribution in [2.24, 2.45) is 5.92 Å². The van der Waals surface area contributed by atoms with Crippen LogP contribution in [0.15, 0.2) is 0 Å². The lowest BCUT2D eigenvalue weighted by Gasteiger charge is -2.18. The van der Waals surface area contributed by atoms with E-state index in [-0.39, 0.29) is 31.1 Å². The van der Waals surface area contributed by atoms with Gasteiger partial charge in [-0.1, -0.05) is 304 Å². The summed E-state index contributed by atoms with van der Waals surface area (Å²) in [5.74, 6) is 0.0172. The molecule has 0 bridgehead atoms. The summed E-state index contributed by atoms with van der Waals surface area (Å²) in [6.07, 6.45) is 59.5. The maximum Gasteiger partial charge on any atom is 0.306 e. The zero-order valence-electron chi connectivity index (χ0n) is 45.2. The van der Waals surface area contributed by atoms with Gasteiger partial charge in [0.05, 0.1) is 0 Å². The number of unbranched alkanes of at least 4 members (excludes halogenated alkanes) is 42. The van der Waals surface area contributed by atoms with E-state index in [9.17, 15) is 14.4 Å². The highest BCUT2D eigenvalue weighted by Crippen LogP contribution is 2.18. The number of ether oxygens (including phenoxy) is 3. The van der Waals surface area contributed by atoms with Gasteiger partial charge < -0.3 is 14.2 Å². The van der Waals surface area contributed by atoms with Gasteiger partial charge in [0.15, 0.2) is 6.10 Å². The Balaban J connectivity index is 4.28. The molecular weight excluding hydrogens is 817 g/mol. The molecular formula is C60H116O6. The van der Waals surface area contributed by atoms with Crippen LogP contribution in [0.1, 0.15) is 342 Å². The summed E-state index contributed by atoms with van der Waals surface area (Å²) in [6.45, 7) is 9.08. The summed E-state index contributed by atoms with van der Waals surface area (Å²) in [5, 5.41) is 0. The van der Waals surface area contributed by atoms with Crippen LogP contribution in [0.25, 0.3) is 0 Å². The topological polar surface area (TPSA) is 78.9 Å². The fourth-order valence-electron chi connectivity index (χ4n) is 9.28. The molecule has 0 aliphatic heterocycles. The Kier molecular flexibility index (Phi) is 53.0. The standard InChI is InChI=1S/C60H116O6/c1-5-7-9-11-13-15-17-19-21-24-29-33-37-41-45-49-53-60(63)66-57(54-64-58(61)51-47-43-39-35-31-27-20-18-16-14-12-10-8-6-2)55-65-59(62)52-48-44-40-36-32-28-25-22-23-26-30-34-38-42-46-50-56(3)4/h56-57H,5-55H2,1-4H3/t57-/m1/s1. The third-order valence-electron chi connectivity index (χ3n) is 13.8. The molecule has 0 spiro atoms. The molecule has 392 valence electrons. The molecule has 0 aromatic carbocycles. The van der Waals surface area contributed by atoms with Crippen LogP contribution in [0.2, 0.25) is 0 Å². The van der Waals surface area contributed by atoms with Gasteiger partial charge in [-0.15, -0.1) is 0 Å². The summed E-state index contributed by atoms with van der Waals surface area (Å²) in [6, 6.07) is 0. The van der Waals surface area contributed by atoms with Gasteiger partial charge in [-0.25, -0.2) is 0 Å². The number of carbonyl (C=O) groups excluding carboxylic acids is 3. The number of rotatable bonds is 55. The largest absolute Gasteiger partial charge is 0.462 e. The molecule has 0 amide bonds. The Bertz CT molecular complexity index is 996. The highest BCUT2D eigenvalue weighted by atomic mass is 16.6.